The molecule has 0 saturated heterocycles. The molecule has 1 unspecified atom stereocenters. The number of rotatable bonds is 8. The number of hydrogen-bond acceptors (Lipinski definition) is 3. The van der Waals surface area contributed by atoms with Crippen LogP contribution in [-0.2, 0) is 10.1 Å². The van der Waals surface area contributed by atoms with Crippen LogP contribution in [0.25, 0.3) is 0 Å². The molecule has 21 heavy (non-hydrogen) atoms. The molecule has 0 radical (unpaired) electrons. The van der Waals surface area contributed by atoms with Crippen molar-refractivity contribution in [1.82, 2.24) is 0 Å². The molecule has 0 aromatic carbocycles. The standard InChI is InChI=1S/C9H13F7O3S.K/c1-2-3-4-5-6(10)7(11,12)8(13,14)9(15,16)20(17,18)19;/h6H,2-5H2,1H3,(H,17,18,19);/q;+1/p-1. The van der Waals surface area contributed by atoms with Crippen molar-refractivity contribution in [2.24, 2.45) is 0 Å². The minimum Gasteiger partial charge on any atom is -0.743 e. The third kappa shape index (κ3) is 5.01. The molecule has 0 N–H and O–H groups in total. The van der Waals surface area contributed by atoms with Crippen molar-refractivity contribution in [3.05, 3.63) is 0 Å². The van der Waals surface area contributed by atoms with E-state index >= 15 is 0 Å². The first kappa shape index (κ1) is 24.3. The van der Waals surface area contributed by atoms with E-state index in [4.69, 9.17) is 0 Å². The summed E-state index contributed by atoms with van der Waals surface area (Å²) in [7, 11) is -7.08. The quantitative estimate of drug-likeness (QED) is 0.267. The average Bonchev–Trinajstić information content (AvgIpc) is 2.27. The molecule has 0 heterocycles. The van der Waals surface area contributed by atoms with Crippen molar-refractivity contribution >= 4 is 10.1 Å². The molecule has 0 aliphatic heterocycles. The van der Waals surface area contributed by atoms with Crippen LogP contribution in [0.2, 0.25) is 0 Å². The van der Waals surface area contributed by atoms with E-state index < -0.39 is 39.8 Å². The Morgan fingerprint density at radius 2 is 1.48 bits per heavy atom. The number of halogens is 7. The first-order chi connectivity index (χ1) is 8.73. The molecule has 12 heteroatoms. The first-order valence-electron chi connectivity index (χ1n) is 5.46. The second-order valence-electron chi connectivity index (χ2n) is 4.13. The zero-order chi connectivity index (χ0) is 16.4. The molecule has 122 valence electrons. The van der Waals surface area contributed by atoms with Gasteiger partial charge in [-0.2, -0.15) is 26.3 Å². The van der Waals surface area contributed by atoms with Gasteiger partial charge in [0.25, 0.3) is 0 Å². The van der Waals surface area contributed by atoms with Gasteiger partial charge in [-0.15, -0.1) is 0 Å². The molecular weight excluding hydrogens is 360 g/mol. The molecule has 0 bridgehead atoms. The summed E-state index contributed by atoms with van der Waals surface area (Å²) < 4.78 is 120. The van der Waals surface area contributed by atoms with E-state index in [2.05, 4.69) is 0 Å². The van der Waals surface area contributed by atoms with E-state index in [-0.39, 0.29) is 64.2 Å². The predicted molar refractivity (Wildman–Crippen MR) is 53.6 cm³/mol. The summed E-state index contributed by atoms with van der Waals surface area (Å²) in [5.74, 6) is -12.6. The SMILES string of the molecule is CCCCCC(F)C(F)(F)C(F)(F)C(F)(F)S(=O)(=O)[O-].[K+]. The van der Waals surface area contributed by atoms with Gasteiger partial charge in [-0.3, -0.25) is 0 Å². The number of unbranched alkanes of at least 4 members (excludes halogenated alkanes) is 2. The Morgan fingerprint density at radius 3 is 1.81 bits per heavy atom. The second kappa shape index (κ2) is 8.24. The summed E-state index contributed by atoms with van der Waals surface area (Å²) >= 11 is 0. The molecule has 0 aromatic heterocycles. The summed E-state index contributed by atoms with van der Waals surface area (Å²) in [5, 5.41) is -6.61. The summed E-state index contributed by atoms with van der Waals surface area (Å²) in [6.45, 7) is 1.60. The van der Waals surface area contributed by atoms with Gasteiger partial charge in [-0.1, -0.05) is 26.2 Å². The van der Waals surface area contributed by atoms with Crippen LogP contribution in [0.4, 0.5) is 30.7 Å². The van der Waals surface area contributed by atoms with Crippen LogP contribution in [-0.4, -0.2) is 36.2 Å². The third-order valence-corrected chi connectivity index (χ3v) is 3.44. The fourth-order valence-electron chi connectivity index (χ4n) is 1.30. The second-order valence-corrected chi connectivity index (χ2v) is 5.55. The van der Waals surface area contributed by atoms with E-state index in [1.807, 2.05) is 0 Å². The minimum atomic E-state index is -7.08. The summed E-state index contributed by atoms with van der Waals surface area (Å²) in [6, 6.07) is 0. The fourth-order valence-corrected chi connectivity index (χ4v) is 1.75. The molecule has 0 saturated carbocycles. The van der Waals surface area contributed by atoms with Gasteiger partial charge >= 0.3 is 68.5 Å². The Balaban J connectivity index is 0. The maximum Gasteiger partial charge on any atom is 1.00 e. The fraction of sp³-hybridized carbons (Fsp3) is 1.00. The van der Waals surface area contributed by atoms with Crippen LogP contribution in [0.1, 0.15) is 32.6 Å². The van der Waals surface area contributed by atoms with Crippen molar-refractivity contribution in [3.63, 3.8) is 0 Å². The molecule has 0 aliphatic carbocycles. The molecule has 0 amide bonds. The van der Waals surface area contributed by atoms with Gasteiger partial charge in [0.2, 0.25) is 0 Å². The first-order valence-corrected chi connectivity index (χ1v) is 6.87. The summed E-state index contributed by atoms with van der Waals surface area (Å²) in [6.07, 6.45) is -4.51. The van der Waals surface area contributed by atoms with Crippen molar-refractivity contribution in [1.29, 1.82) is 0 Å². The molecule has 0 aromatic rings. The van der Waals surface area contributed by atoms with Crippen molar-refractivity contribution in [3.8, 4) is 0 Å². The minimum absolute atomic E-state index is 0. The van der Waals surface area contributed by atoms with E-state index in [0.717, 1.165) is 0 Å². The van der Waals surface area contributed by atoms with Crippen LogP contribution >= 0.6 is 0 Å². The van der Waals surface area contributed by atoms with Gasteiger partial charge in [0.15, 0.2) is 16.3 Å². The Labute approximate surface area is 159 Å². The van der Waals surface area contributed by atoms with Gasteiger partial charge in [0.1, 0.15) is 0 Å². The molecule has 3 nitrogen and oxygen atoms in total. The van der Waals surface area contributed by atoms with Crippen LogP contribution < -0.4 is 51.4 Å². The Morgan fingerprint density at radius 1 is 1.05 bits per heavy atom. The van der Waals surface area contributed by atoms with E-state index in [9.17, 15) is 43.7 Å². The predicted octanol–water partition coefficient (Wildman–Crippen LogP) is 0.317. The monoisotopic (exact) mass is 372 g/mol. The normalized spacial score (nSPS) is 15.5. The maximum absolute atomic E-state index is 13.1. The van der Waals surface area contributed by atoms with Gasteiger partial charge in [0.05, 0.1) is 0 Å². The smallest absolute Gasteiger partial charge is 0.743 e. The number of hydrogen-bond donors (Lipinski definition) is 0. The molecule has 0 fully saturated rings. The number of alkyl halides is 7. The van der Waals surface area contributed by atoms with Crippen LogP contribution in [0.3, 0.4) is 0 Å². The van der Waals surface area contributed by atoms with Gasteiger partial charge in [0, 0.05) is 0 Å². The van der Waals surface area contributed by atoms with Crippen LogP contribution in [0.15, 0.2) is 0 Å². The van der Waals surface area contributed by atoms with Gasteiger partial charge in [-0.25, -0.2) is 12.8 Å². The molecular formula is C9H12F7KO3S. The molecule has 0 aliphatic rings. The topological polar surface area (TPSA) is 57.2 Å². The molecule has 0 rings (SSSR count). The Bertz CT molecular complexity index is 427. The van der Waals surface area contributed by atoms with Gasteiger partial charge in [-0.05, 0) is 6.42 Å². The van der Waals surface area contributed by atoms with E-state index in [1.54, 1.807) is 6.92 Å². The third-order valence-electron chi connectivity index (χ3n) is 2.55. The van der Waals surface area contributed by atoms with Gasteiger partial charge < -0.3 is 4.55 Å². The largest absolute Gasteiger partial charge is 1.00 e. The zero-order valence-corrected chi connectivity index (χ0v) is 15.1. The molecule has 0 spiro atoms. The van der Waals surface area contributed by atoms with E-state index in [1.165, 1.54) is 0 Å². The van der Waals surface area contributed by atoms with E-state index in [0.29, 0.717) is 6.42 Å². The van der Waals surface area contributed by atoms with Crippen LogP contribution in [0.5, 0.6) is 0 Å². The summed E-state index contributed by atoms with van der Waals surface area (Å²) in [5.41, 5.74) is 0. The average molecular weight is 372 g/mol. The van der Waals surface area contributed by atoms with Crippen molar-refractivity contribution in [2.45, 2.75) is 55.9 Å². The molecule has 1 atom stereocenters. The Kier molecular flexibility index (Phi) is 9.54. The maximum atomic E-state index is 13.1. The Hall–Kier alpha value is 1.06. The van der Waals surface area contributed by atoms with Crippen molar-refractivity contribution < 1.29 is 95.1 Å². The van der Waals surface area contributed by atoms with Crippen molar-refractivity contribution in [2.75, 3.05) is 0 Å². The van der Waals surface area contributed by atoms with Crippen LogP contribution in [0, 0.1) is 0 Å². The summed E-state index contributed by atoms with van der Waals surface area (Å²) in [4.78, 5) is 0. The zero-order valence-electron chi connectivity index (χ0n) is 11.2.